The molecule has 1 aromatic heterocycles. The number of benzene rings is 3. The van der Waals surface area contributed by atoms with Gasteiger partial charge < -0.3 is 5.11 Å². The number of carbonyl (C=O) groups is 3. The second-order valence-corrected chi connectivity index (χ2v) is 6.92. The molecule has 0 fully saturated rings. The average molecular weight is 394 g/mol. The topological polar surface area (TPSA) is 87.6 Å². The van der Waals surface area contributed by atoms with Gasteiger partial charge in [-0.1, -0.05) is 42.5 Å². The molecule has 2 heterocycles. The van der Waals surface area contributed by atoms with Crippen molar-refractivity contribution in [2.24, 2.45) is 0 Å². The lowest BCUT2D eigenvalue weighted by atomic mass is 10.0. The van der Waals surface area contributed by atoms with Crippen LogP contribution >= 0.6 is 0 Å². The highest BCUT2D eigenvalue weighted by atomic mass is 16.4. The number of hydrogen-bond acceptors (Lipinski definition) is 4. The summed E-state index contributed by atoms with van der Waals surface area (Å²) in [6.45, 7) is 0. The van der Waals surface area contributed by atoms with Crippen LogP contribution in [0.5, 0.6) is 0 Å². The molecule has 3 aromatic carbocycles. The zero-order chi connectivity index (χ0) is 20.8. The van der Waals surface area contributed by atoms with Gasteiger partial charge in [0, 0.05) is 10.9 Å². The maximum atomic E-state index is 12.7. The molecular weight excluding hydrogens is 380 g/mol. The fourth-order valence-corrected chi connectivity index (χ4v) is 3.71. The second-order valence-electron chi connectivity index (χ2n) is 6.92. The number of imide groups is 1. The summed E-state index contributed by atoms with van der Waals surface area (Å²) in [4.78, 5) is 42.7. The van der Waals surface area contributed by atoms with Crippen molar-refractivity contribution in [1.82, 2.24) is 4.98 Å². The van der Waals surface area contributed by atoms with Crippen LogP contribution in [0.3, 0.4) is 0 Å². The summed E-state index contributed by atoms with van der Waals surface area (Å²) in [6.07, 6.45) is 0. The number of carboxylic acids is 1. The molecule has 0 spiro atoms. The first-order valence-corrected chi connectivity index (χ1v) is 9.26. The number of pyridine rings is 1. The molecule has 4 aromatic rings. The van der Waals surface area contributed by atoms with Crippen LogP contribution in [-0.4, -0.2) is 27.9 Å². The van der Waals surface area contributed by atoms with E-state index in [1.807, 2.05) is 0 Å². The molecule has 0 saturated carbocycles. The van der Waals surface area contributed by atoms with Gasteiger partial charge in [-0.25, -0.2) is 14.7 Å². The van der Waals surface area contributed by atoms with E-state index in [9.17, 15) is 19.5 Å². The van der Waals surface area contributed by atoms with Crippen molar-refractivity contribution < 1.29 is 19.5 Å². The largest absolute Gasteiger partial charge is 0.478 e. The standard InChI is InChI=1S/C24H14N2O4/c27-22-17-6-1-2-7-18(17)23(28)26(22)15-11-9-14(10-12-15)21-13-19(24(29)30)16-5-3-4-8-20(16)25-21/h1-13H,(H,29,30). The van der Waals surface area contributed by atoms with Crippen molar-refractivity contribution in [1.29, 1.82) is 0 Å². The van der Waals surface area contributed by atoms with Gasteiger partial charge in [-0.05, 0) is 36.4 Å². The number of carboxylic acid groups (broad SMARTS) is 1. The summed E-state index contributed by atoms with van der Waals surface area (Å²) in [5.41, 5.74) is 3.15. The SMILES string of the molecule is O=C(O)c1cc(-c2ccc(N3C(=O)c4ccccc4C3=O)cc2)nc2ccccc12. The molecule has 0 unspecified atom stereocenters. The van der Waals surface area contributed by atoms with Crippen molar-refractivity contribution in [2.45, 2.75) is 0 Å². The highest BCUT2D eigenvalue weighted by Crippen LogP contribution is 2.31. The summed E-state index contributed by atoms with van der Waals surface area (Å²) in [5.74, 6) is -1.75. The molecule has 0 aliphatic carbocycles. The molecule has 2 amide bonds. The summed E-state index contributed by atoms with van der Waals surface area (Å²) in [6, 6.07) is 22.1. The van der Waals surface area contributed by atoms with Gasteiger partial charge in [-0.15, -0.1) is 0 Å². The molecule has 0 atom stereocenters. The van der Waals surface area contributed by atoms with Crippen LogP contribution in [0.1, 0.15) is 31.1 Å². The molecule has 1 N–H and O–H groups in total. The van der Waals surface area contributed by atoms with Gasteiger partial charge in [-0.2, -0.15) is 0 Å². The summed E-state index contributed by atoms with van der Waals surface area (Å²) in [7, 11) is 0. The maximum Gasteiger partial charge on any atom is 0.336 e. The van der Waals surface area contributed by atoms with Gasteiger partial charge >= 0.3 is 5.97 Å². The molecule has 144 valence electrons. The van der Waals surface area contributed by atoms with E-state index in [1.54, 1.807) is 72.8 Å². The fraction of sp³-hybridized carbons (Fsp3) is 0. The van der Waals surface area contributed by atoms with Crippen LogP contribution < -0.4 is 4.90 Å². The van der Waals surface area contributed by atoms with E-state index in [0.717, 1.165) is 4.90 Å². The first-order valence-electron chi connectivity index (χ1n) is 9.26. The number of aromatic nitrogens is 1. The quantitative estimate of drug-likeness (QED) is 0.521. The minimum Gasteiger partial charge on any atom is -0.478 e. The Balaban J connectivity index is 1.55. The summed E-state index contributed by atoms with van der Waals surface area (Å²) >= 11 is 0. The minimum absolute atomic E-state index is 0.167. The summed E-state index contributed by atoms with van der Waals surface area (Å²) < 4.78 is 0. The lowest BCUT2D eigenvalue weighted by Gasteiger charge is -2.14. The van der Waals surface area contributed by atoms with E-state index in [1.165, 1.54) is 6.07 Å². The number of rotatable bonds is 3. The third kappa shape index (κ3) is 2.66. The molecule has 1 aliphatic rings. The van der Waals surface area contributed by atoms with Gasteiger partial charge in [0.1, 0.15) is 0 Å². The van der Waals surface area contributed by atoms with E-state index in [4.69, 9.17) is 0 Å². The predicted octanol–water partition coefficient (Wildman–Crippen LogP) is 4.40. The number of nitrogens with zero attached hydrogens (tertiary/aromatic N) is 2. The Labute approximate surface area is 171 Å². The number of anilines is 1. The molecule has 30 heavy (non-hydrogen) atoms. The lowest BCUT2D eigenvalue weighted by molar-refractivity contribution is 0.0698. The molecule has 6 heteroatoms. The highest BCUT2D eigenvalue weighted by Gasteiger charge is 2.36. The zero-order valence-corrected chi connectivity index (χ0v) is 15.6. The number of amides is 2. The zero-order valence-electron chi connectivity index (χ0n) is 15.6. The first kappa shape index (κ1) is 17.8. The van der Waals surface area contributed by atoms with Crippen molar-refractivity contribution in [3.63, 3.8) is 0 Å². The Morgan fingerprint density at radius 2 is 1.40 bits per heavy atom. The highest BCUT2D eigenvalue weighted by molar-refractivity contribution is 6.34. The number of para-hydroxylation sites is 1. The molecule has 6 nitrogen and oxygen atoms in total. The second kappa shape index (κ2) is 6.63. The van der Waals surface area contributed by atoms with Crippen molar-refractivity contribution >= 4 is 34.4 Å². The Hall–Kier alpha value is -4.32. The van der Waals surface area contributed by atoms with Crippen molar-refractivity contribution in [2.75, 3.05) is 4.90 Å². The van der Waals surface area contributed by atoms with Crippen molar-refractivity contribution in [3.8, 4) is 11.3 Å². The van der Waals surface area contributed by atoms with E-state index in [0.29, 0.717) is 39.0 Å². The molecule has 1 aliphatic heterocycles. The minimum atomic E-state index is -1.03. The first-order chi connectivity index (χ1) is 14.5. The van der Waals surface area contributed by atoms with Gasteiger partial charge in [0.25, 0.3) is 11.8 Å². The summed E-state index contributed by atoms with van der Waals surface area (Å²) in [5, 5.41) is 10.1. The van der Waals surface area contributed by atoms with Crippen LogP contribution in [0.25, 0.3) is 22.2 Å². The Morgan fingerprint density at radius 3 is 2.03 bits per heavy atom. The Kier molecular flexibility index (Phi) is 3.93. The van der Waals surface area contributed by atoms with Crippen LogP contribution in [0.15, 0.2) is 78.9 Å². The monoisotopic (exact) mass is 394 g/mol. The Morgan fingerprint density at radius 1 is 0.800 bits per heavy atom. The van der Waals surface area contributed by atoms with Crippen molar-refractivity contribution in [3.05, 3.63) is 95.6 Å². The van der Waals surface area contributed by atoms with E-state index in [-0.39, 0.29) is 17.4 Å². The van der Waals surface area contributed by atoms with Crippen LogP contribution in [0, 0.1) is 0 Å². The molecule has 0 bridgehead atoms. The number of fused-ring (bicyclic) bond motifs is 2. The third-order valence-electron chi connectivity index (χ3n) is 5.16. The normalized spacial score (nSPS) is 13.0. The number of carbonyl (C=O) groups excluding carboxylic acids is 2. The molecule has 0 radical (unpaired) electrons. The fourth-order valence-electron chi connectivity index (χ4n) is 3.71. The van der Waals surface area contributed by atoms with E-state index < -0.39 is 5.97 Å². The molecule has 5 rings (SSSR count). The van der Waals surface area contributed by atoms with Gasteiger partial charge in [0.05, 0.1) is 33.6 Å². The van der Waals surface area contributed by atoms with Crippen LogP contribution in [0.4, 0.5) is 5.69 Å². The van der Waals surface area contributed by atoms with Crippen LogP contribution in [0.2, 0.25) is 0 Å². The lowest BCUT2D eigenvalue weighted by Crippen LogP contribution is -2.29. The van der Waals surface area contributed by atoms with Crippen LogP contribution in [-0.2, 0) is 0 Å². The Bertz CT molecular complexity index is 1320. The average Bonchev–Trinajstić information content (AvgIpc) is 3.03. The van der Waals surface area contributed by atoms with E-state index >= 15 is 0 Å². The van der Waals surface area contributed by atoms with Gasteiger partial charge in [0.15, 0.2) is 0 Å². The third-order valence-corrected chi connectivity index (χ3v) is 5.16. The molecular formula is C24H14N2O4. The molecule has 0 saturated heterocycles. The smallest absolute Gasteiger partial charge is 0.336 e. The van der Waals surface area contributed by atoms with Gasteiger partial charge in [0.2, 0.25) is 0 Å². The van der Waals surface area contributed by atoms with E-state index in [2.05, 4.69) is 4.98 Å². The number of hydrogen-bond donors (Lipinski definition) is 1. The number of aromatic carboxylic acids is 1. The maximum absolute atomic E-state index is 12.7. The van der Waals surface area contributed by atoms with Gasteiger partial charge in [-0.3, -0.25) is 9.59 Å². The predicted molar refractivity (Wildman–Crippen MR) is 112 cm³/mol.